The van der Waals surface area contributed by atoms with Crippen LogP contribution in [0.3, 0.4) is 0 Å². The summed E-state index contributed by atoms with van der Waals surface area (Å²) >= 11 is 0. The van der Waals surface area contributed by atoms with E-state index in [0.717, 1.165) is 44.4 Å². The van der Waals surface area contributed by atoms with Crippen LogP contribution in [0.15, 0.2) is 36.5 Å². The number of phosphoric ester groups is 1. The summed E-state index contributed by atoms with van der Waals surface area (Å²) in [7, 11) is -4.80. The summed E-state index contributed by atoms with van der Waals surface area (Å²) in [5, 5.41) is 10.2. The predicted octanol–water partition coefficient (Wildman–Crippen LogP) is 11.2. The van der Waals surface area contributed by atoms with Gasteiger partial charge < -0.3 is 24.4 Å². The zero-order valence-corrected chi connectivity index (χ0v) is 36.2. The summed E-state index contributed by atoms with van der Waals surface area (Å²) in [6.07, 6.45) is 36.4. The van der Waals surface area contributed by atoms with Gasteiger partial charge in [-0.05, 0) is 50.0 Å². The number of ketones is 1. The summed E-state index contributed by atoms with van der Waals surface area (Å²) in [6.45, 7) is 5.78. The molecular weight excluding hydrogens is 731 g/mol. The minimum Gasteiger partial charge on any atom is -0.462 e. The van der Waals surface area contributed by atoms with Crippen molar-refractivity contribution in [3.8, 4) is 0 Å². The Bertz CT molecular complexity index is 1160. The predicted molar refractivity (Wildman–Crippen MR) is 225 cm³/mol. The normalized spacial score (nSPS) is 17.1. The molecule has 0 bridgehead atoms. The number of allylic oxidation sites excluding steroid dienone is 5. The lowest BCUT2D eigenvalue weighted by Gasteiger charge is -2.18. The number of aliphatic hydroxyl groups is 1. The molecule has 0 spiro atoms. The van der Waals surface area contributed by atoms with Crippen molar-refractivity contribution < 1.29 is 47.8 Å². The van der Waals surface area contributed by atoms with E-state index < -0.39 is 38.6 Å². The van der Waals surface area contributed by atoms with Gasteiger partial charge in [-0.2, -0.15) is 0 Å². The average Bonchev–Trinajstić information content (AvgIpc) is 3.50. The smallest absolute Gasteiger partial charge is 0.462 e. The number of unbranched alkanes of at least 4 members (excludes halogenated alkanes) is 18. The minimum absolute atomic E-state index is 0.0288. The maximum atomic E-state index is 12.5. The number of ether oxygens (including phenoxy) is 2. The van der Waals surface area contributed by atoms with Gasteiger partial charge in [0.1, 0.15) is 6.61 Å². The molecule has 324 valence electrons. The van der Waals surface area contributed by atoms with Gasteiger partial charge in [0.05, 0.1) is 12.7 Å². The summed E-state index contributed by atoms with van der Waals surface area (Å²) < 4.78 is 26.4. The topological polar surface area (TPSA) is 157 Å². The van der Waals surface area contributed by atoms with E-state index in [1.54, 1.807) is 12.2 Å². The van der Waals surface area contributed by atoms with E-state index in [4.69, 9.17) is 19.3 Å². The lowest BCUT2D eigenvalue weighted by Crippen LogP contribution is -2.29. The molecule has 3 N–H and O–H groups in total. The number of carbonyl (C=O) groups is 3. The number of hydrogen-bond acceptors (Lipinski definition) is 8. The summed E-state index contributed by atoms with van der Waals surface area (Å²) in [4.78, 5) is 55.4. The molecule has 1 aliphatic carbocycles. The van der Waals surface area contributed by atoms with Gasteiger partial charge >= 0.3 is 19.8 Å². The van der Waals surface area contributed by atoms with Gasteiger partial charge in [0.15, 0.2) is 11.9 Å². The zero-order valence-electron chi connectivity index (χ0n) is 35.3. The summed E-state index contributed by atoms with van der Waals surface area (Å²) in [5.74, 6) is -0.408. The first-order valence-electron chi connectivity index (χ1n) is 22.2. The molecule has 0 fully saturated rings. The van der Waals surface area contributed by atoms with Gasteiger partial charge in [0, 0.05) is 18.8 Å². The van der Waals surface area contributed by atoms with E-state index in [9.17, 15) is 24.1 Å². The summed E-state index contributed by atoms with van der Waals surface area (Å²) in [6, 6.07) is 0. The molecule has 1 rings (SSSR count). The largest absolute Gasteiger partial charge is 0.469 e. The highest BCUT2D eigenvalue weighted by atomic mass is 31.2. The highest BCUT2D eigenvalue weighted by Gasteiger charge is 2.27. The fraction of sp³-hybridized carbons (Fsp3) is 0.800. The molecule has 0 aromatic heterocycles. The van der Waals surface area contributed by atoms with Crippen LogP contribution >= 0.6 is 7.82 Å². The molecule has 0 aromatic carbocycles. The molecule has 0 aromatic rings. The van der Waals surface area contributed by atoms with Crippen LogP contribution in [0.2, 0.25) is 0 Å². The molecule has 4 atom stereocenters. The van der Waals surface area contributed by atoms with E-state index in [1.807, 2.05) is 24.3 Å². The fourth-order valence-electron chi connectivity index (χ4n) is 6.90. The van der Waals surface area contributed by atoms with E-state index in [-0.39, 0.29) is 37.1 Å². The fourth-order valence-corrected chi connectivity index (χ4v) is 7.26. The first-order valence-corrected chi connectivity index (χ1v) is 23.7. The molecule has 11 heteroatoms. The van der Waals surface area contributed by atoms with Gasteiger partial charge in [-0.1, -0.05) is 173 Å². The maximum Gasteiger partial charge on any atom is 0.469 e. The van der Waals surface area contributed by atoms with Crippen LogP contribution < -0.4 is 0 Å². The molecule has 0 unspecified atom stereocenters. The maximum absolute atomic E-state index is 12.5. The van der Waals surface area contributed by atoms with E-state index in [2.05, 4.69) is 25.3 Å². The highest BCUT2D eigenvalue weighted by Crippen LogP contribution is 2.36. The Balaban J connectivity index is 2.19. The molecule has 0 radical (unpaired) electrons. The van der Waals surface area contributed by atoms with Gasteiger partial charge in [-0.25, -0.2) is 4.57 Å². The first kappa shape index (κ1) is 51.9. The van der Waals surface area contributed by atoms with Crippen molar-refractivity contribution in [3.63, 3.8) is 0 Å². The van der Waals surface area contributed by atoms with Gasteiger partial charge in [-0.3, -0.25) is 18.9 Å². The van der Waals surface area contributed by atoms with Crippen molar-refractivity contribution >= 4 is 25.5 Å². The van der Waals surface area contributed by atoms with E-state index in [0.29, 0.717) is 32.1 Å². The third-order valence-corrected chi connectivity index (χ3v) is 10.8. The Hall–Kier alpha value is -2.10. The van der Waals surface area contributed by atoms with Crippen molar-refractivity contribution in [1.29, 1.82) is 0 Å². The van der Waals surface area contributed by atoms with Crippen LogP contribution in [-0.2, 0) is 32.9 Å². The molecule has 0 heterocycles. The van der Waals surface area contributed by atoms with Crippen LogP contribution in [0.25, 0.3) is 0 Å². The highest BCUT2D eigenvalue weighted by molar-refractivity contribution is 7.46. The van der Waals surface area contributed by atoms with Crippen LogP contribution in [0.5, 0.6) is 0 Å². The second-order valence-corrected chi connectivity index (χ2v) is 17.4. The third-order valence-electron chi connectivity index (χ3n) is 10.3. The number of carbonyl (C=O) groups excluding carboxylic acids is 3. The Morgan fingerprint density at radius 3 is 1.88 bits per heavy atom. The second-order valence-electron chi connectivity index (χ2n) is 16.2. The van der Waals surface area contributed by atoms with Crippen molar-refractivity contribution in [2.24, 2.45) is 17.8 Å². The summed E-state index contributed by atoms with van der Waals surface area (Å²) in [5.41, 5.74) is 0. The SMILES string of the molecule is CCCCC[C@H](O)/C=C/[C@H]1C(=O)C=C[C@@H]1C/C=C\CCCC(=O)OC[C@H](COP(=O)(O)O)OC(=O)CCCCCCCCCCCCCCCCCCC(C)C. The average molecular weight is 811 g/mol. The Morgan fingerprint density at radius 2 is 1.30 bits per heavy atom. The molecule has 0 amide bonds. The van der Waals surface area contributed by atoms with Crippen molar-refractivity contribution in [1.82, 2.24) is 0 Å². The van der Waals surface area contributed by atoms with Crippen molar-refractivity contribution in [2.75, 3.05) is 13.2 Å². The van der Waals surface area contributed by atoms with Crippen molar-refractivity contribution in [3.05, 3.63) is 36.5 Å². The van der Waals surface area contributed by atoms with E-state index in [1.165, 1.54) is 83.5 Å². The van der Waals surface area contributed by atoms with Crippen LogP contribution in [0, 0.1) is 17.8 Å². The Morgan fingerprint density at radius 1 is 0.750 bits per heavy atom. The molecule has 0 saturated carbocycles. The second kappa shape index (κ2) is 33.8. The minimum atomic E-state index is -4.80. The van der Waals surface area contributed by atoms with Crippen LogP contribution in [0.1, 0.15) is 188 Å². The lowest BCUT2D eigenvalue weighted by molar-refractivity contribution is -0.161. The van der Waals surface area contributed by atoms with E-state index >= 15 is 0 Å². The third kappa shape index (κ3) is 31.0. The van der Waals surface area contributed by atoms with Gasteiger partial charge in [0.25, 0.3) is 0 Å². The molecular formula is C45H79O10P. The molecule has 0 saturated heterocycles. The van der Waals surface area contributed by atoms with Crippen molar-refractivity contribution in [2.45, 2.75) is 200 Å². The van der Waals surface area contributed by atoms with Crippen LogP contribution in [-0.4, -0.2) is 58.0 Å². The monoisotopic (exact) mass is 811 g/mol. The lowest BCUT2D eigenvalue weighted by atomic mass is 9.90. The van der Waals surface area contributed by atoms with Gasteiger partial charge in [0.2, 0.25) is 0 Å². The Kier molecular flexibility index (Phi) is 31.4. The van der Waals surface area contributed by atoms with Gasteiger partial charge in [-0.15, -0.1) is 0 Å². The quantitative estimate of drug-likeness (QED) is 0.0239. The number of rotatable bonds is 37. The molecule has 0 aliphatic heterocycles. The number of aliphatic hydroxyl groups excluding tert-OH is 1. The number of esters is 2. The van der Waals surface area contributed by atoms with Crippen LogP contribution in [0.4, 0.5) is 0 Å². The Labute approximate surface area is 339 Å². The molecule has 1 aliphatic rings. The molecule has 10 nitrogen and oxygen atoms in total. The number of hydrogen-bond donors (Lipinski definition) is 3. The first-order chi connectivity index (χ1) is 26.9. The standard InChI is InChI=1S/C45H79O10P/c1-4-5-22-29-40(46)33-34-42-39(32-35-43(42)47)28-24-20-21-25-30-44(48)53-36-41(37-54-56(50,51)52)55-45(49)31-26-19-17-15-13-11-9-7-6-8-10-12-14-16-18-23-27-38(2)3/h20,24,32-35,38-42,46H,4-19,21-23,25-31,36-37H2,1-3H3,(H2,50,51,52)/b24-20-,34-33+/t39-,40-,41+,42+/m0/s1. The molecule has 56 heavy (non-hydrogen) atoms. The number of phosphoric acid groups is 1. The zero-order chi connectivity index (χ0) is 41.3.